The Kier molecular flexibility index (Phi) is 9.36. The number of nitrogens with two attached hydrogens (primary N) is 1. The smallest absolute Gasteiger partial charge is 0.0427 e. The van der Waals surface area contributed by atoms with E-state index in [1.807, 2.05) is 32.2 Å². The van der Waals surface area contributed by atoms with Crippen molar-refractivity contribution in [2.24, 2.45) is 23.0 Å². The molecule has 2 atom stereocenters. The molecule has 0 saturated heterocycles. The Morgan fingerprint density at radius 2 is 1.76 bits per heavy atom. The molecule has 0 aromatic carbocycles. The van der Waals surface area contributed by atoms with Gasteiger partial charge in [-0.2, -0.15) is 0 Å². The molecule has 0 fully saturated rings. The fraction of sp³-hybridized carbons (Fsp3) is 0.684. The highest BCUT2D eigenvalue weighted by atomic mass is 14.8. The molecule has 2 nitrogen and oxygen atoms in total. The Bertz CT molecular complexity index is 360. The van der Waals surface area contributed by atoms with Gasteiger partial charge < -0.3 is 11.1 Å². The molecular formula is C19H36N2. The highest BCUT2D eigenvalue weighted by Crippen LogP contribution is 2.36. The molecule has 2 heteroatoms. The third-order valence-corrected chi connectivity index (χ3v) is 4.74. The lowest BCUT2D eigenvalue weighted by molar-refractivity contribution is 0.197. The van der Waals surface area contributed by atoms with Crippen molar-refractivity contribution in [2.75, 3.05) is 0 Å². The van der Waals surface area contributed by atoms with E-state index < -0.39 is 0 Å². The highest BCUT2D eigenvalue weighted by Gasteiger charge is 2.28. The van der Waals surface area contributed by atoms with Crippen LogP contribution in [0.3, 0.4) is 0 Å². The maximum Gasteiger partial charge on any atom is 0.0427 e. The molecule has 2 unspecified atom stereocenters. The number of hydrogen-bond acceptors (Lipinski definition) is 2. The van der Waals surface area contributed by atoms with Gasteiger partial charge in [0.1, 0.15) is 0 Å². The van der Waals surface area contributed by atoms with Crippen molar-refractivity contribution in [1.82, 2.24) is 5.32 Å². The van der Waals surface area contributed by atoms with E-state index in [1.165, 1.54) is 12.8 Å². The second kappa shape index (κ2) is 9.83. The van der Waals surface area contributed by atoms with Gasteiger partial charge in [0.05, 0.1) is 0 Å². The third kappa shape index (κ3) is 7.52. The van der Waals surface area contributed by atoms with E-state index >= 15 is 0 Å². The fourth-order valence-corrected chi connectivity index (χ4v) is 2.55. The first-order chi connectivity index (χ1) is 9.78. The van der Waals surface area contributed by atoms with Gasteiger partial charge in [-0.1, -0.05) is 65.7 Å². The molecular weight excluding hydrogens is 256 g/mol. The molecule has 122 valence electrons. The maximum absolute atomic E-state index is 6.12. The number of hydrogen-bond donors (Lipinski definition) is 2. The van der Waals surface area contributed by atoms with Crippen LogP contribution < -0.4 is 11.1 Å². The van der Waals surface area contributed by atoms with Crippen LogP contribution in [0.2, 0.25) is 0 Å². The van der Waals surface area contributed by atoms with Gasteiger partial charge in [-0.3, -0.25) is 0 Å². The van der Waals surface area contributed by atoms with Crippen molar-refractivity contribution in [2.45, 2.75) is 67.3 Å². The predicted octanol–water partition coefficient (Wildman–Crippen LogP) is 5.00. The summed E-state index contributed by atoms with van der Waals surface area (Å²) in [5.41, 5.74) is 7.42. The summed E-state index contributed by atoms with van der Waals surface area (Å²) in [6.07, 6.45) is 12.8. The van der Waals surface area contributed by atoms with Crippen LogP contribution in [0.5, 0.6) is 0 Å². The Balaban J connectivity index is 4.62. The molecule has 0 spiro atoms. The second-order valence-corrected chi connectivity index (χ2v) is 6.60. The quantitative estimate of drug-likeness (QED) is 0.587. The Morgan fingerprint density at radius 3 is 2.24 bits per heavy atom. The molecule has 3 N–H and O–H groups in total. The fourth-order valence-electron chi connectivity index (χ4n) is 2.55. The zero-order valence-corrected chi connectivity index (χ0v) is 15.1. The third-order valence-electron chi connectivity index (χ3n) is 4.74. The summed E-state index contributed by atoms with van der Waals surface area (Å²) < 4.78 is 0. The van der Waals surface area contributed by atoms with Crippen molar-refractivity contribution >= 4 is 0 Å². The normalized spacial score (nSPS) is 16.9. The molecule has 0 aromatic heterocycles. The van der Waals surface area contributed by atoms with E-state index in [2.05, 4.69) is 52.1 Å². The van der Waals surface area contributed by atoms with Crippen LogP contribution in [-0.4, -0.2) is 6.04 Å². The van der Waals surface area contributed by atoms with E-state index in [9.17, 15) is 0 Å². The zero-order valence-electron chi connectivity index (χ0n) is 15.1. The first kappa shape index (κ1) is 20.0. The van der Waals surface area contributed by atoms with Gasteiger partial charge in [-0.25, -0.2) is 0 Å². The van der Waals surface area contributed by atoms with Gasteiger partial charge >= 0.3 is 0 Å². The van der Waals surface area contributed by atoms with Gasteiger partial charge in [0.25, 0.3) is 0 Å². The molecule has 0 aliphatic heterocycles. The molecule has 0 aromatic rings. The summed E-state index contributed by atoms with van der Waals surface area (Å²) in [4.78, 5) is 0. The molecule has 21 heavy (non-hydrogen) atoms. The topological polar surface area (TPSA) is 38.0 Å². The number of nitrogens with one attached hydrogen (secondary N) is 1. The van der Waals surface area contributed by atoms with Gasteiger partial charge in [0.2, 0.25) is 0 Å². The Labute approximate surface area is 132 Å². The van der Waals surface area contributed by atoms with E-state index in [0.29, 0.717) is 5.92 Å². The molecule has 0 aliphatic rings. The Hall–Kier alpha value is -1.02. The molecule has 0 bridgehead atoms. The average molecular weight is 293 g/mol. The van der Waals surface area contributed by atoms with Crippen molar-refractivity contribution in [3.05, 3.63) is 36.2 Å². The van der Waals surface area contributed by atoms with Crippen LogP contribution in [0.25, 0.3) is 0 Å². The number of allylic oxidation sites excluding steroid dienone is 3. The predicted molar refractivity (Wildman–Crippen MR) is 95.8 cm³/mol. The maximum atomic E-state index is 6.12. The molecule has 0 heterocycles. The minimum absolute atomic E-state index is 0.0460. The van der Waals surface area contributed by atoms with E-state index in [4.69, 9.17) is 5.73 Å². The van der Waals surface area contributed by atoms with Crippen LogP contribution in [0.15, 0.2) is 36.2 Å². The molecule has 0 radical (unpaired) electrons. The average Bonchev–Trinajstić information content (AvgIpc) is 2.46. The van der Waals surface area contributed by atoms with Crippen molar-refractivity contribution in [1.29, 1.82) is 0 Å². The first-order valence-corrected chi connectivity index (χ1v) is 8.29. The lowest BCUT2D eigenvalue weighted by atomic mass is 9.71. The van der Waals surface area contributed by atoms with Crippen LogP contribution >= 0.6 is 0 Å². The van der Waals surface area contributed by atoms with Crippen molar-refractivity contribution < 1.29 is 0 Å². The molecule has 0 aliphatic carbocycles. The molecule has 0 rings (SSSR count). The van der Waals surface area contributed by atoms with Gasteiger partial charge in [-0.15, -0.1) is 0 Å². The van der Waals surface area contributed by atoms with Gasteiger partial charge in [0.15, 0.2) is 0 Å². The van der Waals surface area contributed by atoms with Gasteiger partial charge in [0, 0.05) is 11.7 Å². The van der Waals surface area contributed by atoms with Gasteiger partial charge in [-0.05, 0) is 43.4 Å². The van der Waals surface area contributed by atoms with Crippen molar-refractivity contribution in [3.8, 4) is 0 Å². The van der Waals surface area contributed by atoms with E-state index in [-0.39, 0.29) is 11.5 Å². The summed E-state index contributed by atoms with van der Waals surface area (Å²) in [5.74, 6) is 1.43. The van der Waals surface area contributed by atoms with E-state index in [1.54, 1.807) is 0 Å². The summed E-state index contributed by atoms with van der Waals surface area (Å²) in [6.45, 7) is 15.6. The lowest BCUT2D eigenvalue weighted by Gasteiger charge is -2.34. The largest absolute Gasteiger partial charge is 0.366 e. The monoisotopic (exact) mass is 292 g/mol. The first-order valence-electron chi connectivity index (χ1n) is 8.29. The minimum Gasteiger partial charge on any atom is -0.366 e. The van der Waals surface area contributed by atoms with Crippen LogP contribution in [-0.2, 0) is 0 Å². The Morgan fingerprint density at radius 1 is 1.19 bits per heavy atom. The van der Waals surface area contributed by atoms with Crippen molar-refractivity contribution in [3.63, 3.8) is 0 Å². The summed E-state index contributed by atoms with van der Waals surface area (Å²) >= 11 is 0. The molecule has 0 saturated carbocycles. The zero-order chi connectivity index (χ0) is 16.5. The van der Waals surface area contributed by atoms with E-state index in [0.717, 1.165) is 11.6 Å². The summed E-state index contributed by atoms with van der Waals surface area (Å²) in [5, 5.41) is 3.19. The van der Waals surface area contributed by atoms with Crippen LogP contribution in [0, 0.1) is 17.3 Å². The number of rotatable bonds is 9. The van der Waals surface area contributed by atoms with Crippen LogP contribution in [0.4, 0.5) is 0 Å². The SMILES string of the molecule is C/C=C(/C)N/C=C/C(N)/C=C\C(C)(C)C(C)C(CC)CC. The lowest BCUT2D eigenvalue weighted by Crippen LogP contribution is -2.27. The summed E-state index contributed by atoms with van der Waals surface area (Å²) in [6, 6.07) is -0.0460. The minimum atomic E-state index is -0.0460. The standard InChI is InChI=1S/C19H36N2/c1-8-15(4)21-14-12-18(20)11-13-19(6,7)16(5)17(9-2)10-3/h8,11-14,16-18,21H,9-10,20H2,1-7H3/b13-11-,14-12+,15-8-. The molecule has 0 amide bonds. The highest BCUT2D eigenvalue weighted by molar-refractivity contribution is 5.10. The van der Waals surface area contributed by atoms with Crippen LogP contribution in [0.1, 0.15) is 61.3 Å². The summed E-state index contributed by atoms with van der Waals surface area (Å²) in [7, 11) is 0. The second-order valence-electron chi connectivity index (χ2n) is 6.60.